The smallest absolute Gasteiger partial charge is 0.255 e. The standard InChI is InChI=1S/C11H10ClN5S/c1-7(8-3-2-4-18-8)15-10-5-9(12)16-11-13-6-14-17(10)11/h2-7,15H,1H3. The zero-order valence-corrected chi connectivity index (χ0v) is 11.1. The van der Waals surface area contributed by atoms with E-state index in [1.807, 2.05) is 6.07 Å². The Hall–Kier alpha value is -1.66. The fourth-order valence-corrected chi connectivity index (χ4v) is 2.63. The molecule has 1 N–H and O–H groups in total. The first-order chi connectivity index (χ1) is 8.74. The number of anilines is 1. The highest BCUT2D eigenvalue weighted by Gasteiger charge is 2.11. The maximum Gasteiger partial charge on any atom is 0.255 e. The van der Waals surface area contributed by atoms with Crippen LogP contribution in [0.5, 0.6) is 0 Å². The van der Waals surface area contributed by atoms with Crippen molar-refractivity contribution in [1.29, 1.82) is 0 Å². The second kappa shape index (κ2) is 4.55. The van der Waals surface area contributed by atoms with Crippen LogP contribution in [0.15, 0.2) is 29.9 Å². The predicted octanol–water partition coefficient (Wildman–Crippen LogP) is 3.01. The lowest BCUT2D eigenvalue weighted by Crippen LogP contribution is -2.09. The van der Waals surface area contributed by atoms with Crippen molar-refractivity contribution in [3.63, 3.8) is 0 Å². The second-order valence-electron chi connectivity index (χ2n) is 3.82. The molecule has 1 atom stereocenters. The molecule has 92 valence electrons. The molecule has 0 radical (unpaired) electrons. The van der Waals surface area contributed by atoms with Crippen molar-refractivity contribution >= 4 is 34.5 Å². The van der Waals surface area contributed by atoms with E-state index in [0.717, 1.165) is 5.82 Å². The number of halogens is 1. The zero-order chi connectivity index (χ0) is 12.5. The zero-order valence-electron chi connectivity index (χ0n) is 9.54. The van der Waals surface area contributed by atoms with E-state index in [4.69, 9.17) is 11.6 Å². The average Bonchev–Trinajstić information content (AvgIpc) is 2.98. The van der Waals surface area contributed by atoms with Crippen LogP contribution < -0.4 is 5.32 Å². The van der Waals surface area contributed by atoms with Crippen LogP contribution in [0.1, 0.15) is 17.8 Å². The molecule has 3 rings (SSSR count). The van der Waals surface area contributed by atoms with E-state index in [1.54, 1.807) is 21.9 Å². The van der Waals surface area contributed by atoms with Crippen LogP contribution in [0.2, 0.25) is 5.15 Å². The molecule has 3 heterocycles. The lowest BCUT2D eigenvalue weighted by molar-refractivity contribution is 0.854. The van der Waals surface area contributed by atoms with Gasteiger partial charge in [-0.25, -0.2) is 0 Å². The Bertz CT molecular complexity index is 663. The Morgan fingerprint density at radius 2 is 2.39 bits per heavy atom. The number of nitrogens with zero attached hydrogens (tertiary/aromatic N) is 4. The van der Waals surface area contributed by atoms with Gasteiger partial charge in [0.05, 0.1) is 6.04 Å². The summed E-state index contributed by atoms with van der Waals surface area (Å²) >= 11 is 7.66. The van der Waals surface area contributed by atoms with Crippen LogP contribution in [-0.4, -0.2) is 19.6 Å². The maximum absolute atomic E-state index is 5.96. The molecule has 0 bridgehead atoms. The summed E-state index contributed by atoms with van der Waals surface area (Å²) in [5.74, 6) is 1.27. The molecule has 3 aromatic heterocycles. The number of rotatable bonds is 3. The molecule has 18 heavy (non-hydrogen) atoms. The summed E-state index contributed by atoms with van der Waals surface area (Å²) in [7, 11) is 0. The van der Waals surface area contributed by atoms with Gasteiger partial charge >= 0.3 is 0 Å². The summed E-state index contributed by atoms with van der Waals surface area (Å²) in [5.41, 5.74) is 0. The molecule has 0 aliphatic heterocycles. The predicted molar refractivity (Wildman–Crippen MR) is 72.1 cm³/mol. The molecule has 0 fully saturated rings. The van der Waals surface area contributed by atoms with Gasteiger partial charge < -0.3 is 5.32 Å². The first-order valence-corrected chi connectivity index (χ1v) is 6.66. The molecular formula is C11H10ClN5S. The lowest BCUT2D eigenvalue weighted by atomic mass is 10.3. The molecule has 1 unspecified atom stereocenters. The van der Waals surface area contributed by atoms with E-state index in [9.17, 15) is 0 Å². The van der Waals surface area contributed by atoms with Gasteiger partial charge in [-0.15, -0.1) is 11.3 Å². The van der Waals surface area contributed by atoms with Crippen molar-refractivity contribution < 1.29 is 0 Å². The van der Waals surface area contributed by atoms with Crippen molar-refractivity contribution in [3.8, 4) is 0 Å². The molecule has 0 saturated heterocycles. The molecule has 0 aliphatic rings. The van der Waals surface area contributed by atoms with Gasteiger partial charge in [-0.2, -0.15) is 19.6 Å². The Kier molecular flexibility index (Phi) is 2.89. The number of fused-ring (bicyclic) bond motifs is 1. The summed E-state index contributed by atoms with van der Waals surface area (Å²) < 4.78 is 1.63. The van der Waals surface area contributed by atoms with Crippen LogP contribution in [0.25, 0.3) is 5.78 Å². The summed E-state index contributed by atoms with van der Waals surface area (Å²) in [6.45, 7) is 2.09. The van der Waals surface area contributed by atoms with E-state index in [0.29, 0.717) is 10.9 Å². The van der Waals surface area contributed by atoms with Gasteiger partial charge in [0.1, 0.15) is 17.3 Å². The van der Waals surface area contributed by atoms with Crippen LogP contribution >= 0.6 is 22.9 Å². The van der Waals surface area contributed by atoms with Gasteiger partial charge in [0.15, 0.2) is 0 Å². The topological polar surface area (TPSA) is 55.1 Å². The molecule has 0 aliphatic carbocycles. The minimum absolute atomic E-state index is 0.177. The number of thiophene rings is 1. The average molecular weight is 280 g/mol. The molecule has 0 amide bonds. The molecule has 0 aromatic carbocycles. The minimum Gasteiger partial charge on any atom is -0.362 e. The molecule has 3 aromatic rings. The summed E-state index contributed by atoms with van der Waals surface area (Å²) in [6.07, 6.45) is 1.46. The fourth-order valence-electron chi connectivity index (χ4n) is 1.72. The summed E-state index contributed by atoms with van der Waals surface area (Å²) in [4.78, 5) is 9.36. The second-order valence-corrected chi connectivity index (χ2v) is 5.18. The highest BCUT2D eigenvalue weighted by molar-refractivity contribution is 7.10. The van der Waals surface area contributed by atoms with Gasteiger partial charge in [0, 0.05) is 10.9 Å². The SMILES string of the molecule is CC(Nc1cc(Cl)nc2ncnn12)c1cccs1. The van der Waals surface area contributed by atoms with Gasteiger partial charge in [-0.05, 0) is 18.4 Å². The Morgan fingerprint density at radius 3 is 3.17 bits per heavy atom. The quantitative estimate of drug-likeness (QED) is 0.749. The van der Waals surface area contributed by atoms with Crippen LogP contribution in [0, 0.1) is 0 Å². The first-order valence-electron chi connectivity index (χ1n) is 5.40. The molecule has 0 saturated carbocycles. The largest absolute Gasteiger partial charge is 0.362 e. The van der Waals surface area contributed by atoms with E-state index in [1.165, 1.54) is 11.2 Å². The third-order valence-electron chi connectivity index (χ3n) is 2.55. The lowest BCUT2D eigenvalue weighted by Gasteiger charge is -2.14. The van der Waals surface area contributed by atoms with E-state index in [-0.39, 0.29) is 6.04 Å². The highest BCUT2D eigenvalue weighted by Crippen LogP contribution is 2.24. The number of hydrogen-bond donors (Lipinski definition) is 1. The van der Waals surface area contributed by atoms with E-state index in [2.05, 4.69) is 38.8 Å². The van der Waals surface area contributed by atoms with Crippen LogP contribution in [0.4, 0.5) is 5.82 Å². The molecule has 5 nitrogen and oxygen atoms in total. The van der Waals surface area contributed by atoms with Crippen LogP contribution in [-0.2, 0) is 0 Å². The van der Waals surface area contributed by atoms with Gasteiger partial charge in [-0.1, -0.05) is 17.7 Å². The van der Waals surface area contributed by atoms with Crippen LogP contribution in [0.3, 0.4) is 0 Å². The van der Waals surface area contributed by atoms with Gasteiger partial charge in [0.25, 0.3) is 5.78 Å². The van der Waals surface area contributed by atoms with Crippen molar-refractivity contribution in [2.45, 2.75) is 13.0 Å². The number of hydrogen-bond acceptors (Lipinski definition) is 5. The highest BCUT2D eigenvalue weighted by atomic mass is 35.5. The van der Waals surface area contributed by atoms with Crippen molar-refractivity contribution in [1.82, 2.24) is 19.6 Å². The minimum atomic E-state index is 0.177. The molecule has 0 spiro atoms. The van der Waals surface area contributed by atoms with Gasteiger partial charge in [-0.3, -0.25) is 0 Å². The third kappa shape index (κ3) is 2.04. The van der Waals surface area contributed by atoms with E-state index >= 15 is 0 Å². The van der Waals surface area contributed by atoms with E-state index < -0.39 is 0 Å². The Labute approximate surface area is 112 Å². The van der Waals surface area contributed by atoms with Crippen molar-refractivity contribution in [3.05, 3.63) is 39.9 Å². The van der Waals surface area contributed by atoms with Gasteiger partial charge in [0.2, 0.25) is 0 Å². The molecular weight excluding hydrogens is 270 g/mol. The molecule has 7 heteroatoms. The summed E-state index contributed by atoms with van der Waals surface area (Å²) in [6, 6.07) is 6.04. The first kappa shape index (κ1) is 11.4. The van der Waals surface area contributed by atoms with Crippen molar-refractivity contribution in [2.24, 2.45) is 0 Å². The van der Waals surface area contributed by atoms with Crippen molar-refractivity contribution in [2.75, 3.05) is 5.32 Å². The Balaban J connectivity index is 1.97. The normalized spacial score (nSPS) is 12.8. The number of aromatic nitrogens is 4. The summed E-state index contributed by atoms with van der Waals surface area (Å²) in [5, 5.41) is 9.93. The fraction of sp³-hybridized carbons (Fsp3) is 0.182. The number of nitrogens with one attached hydrogen (secondary N) is 1. The Morgan fingerprint density at radius 1 is 1.50 bits per heavy atom. The monoisotopic (exact) mass is 279 g/mol. The maximum atomic E-state index is 5.96. The third-order valence-corrected chi connectivity index (χ3v) is 3.80.